The van der Waals surface area contributed by atoms with Crippen molar-refractivity contribution in [1.82, 2.24) is 9.55 Å². The highest BCUT2D eigenvalue weighted by molar-refractivity contribution is 9.11. The van der Waals surface area contributed by atoms with Crippen LogP contribution in [0.4, 0.5) is 0 Å². The summed E-state index contributed by atoms with van der Waals surface area (Å²) in [6, 6.07) is 24.4. The van der Waals surface area contributed by atoms with Gasteiger partial charge in [-0.05, 0) is 35.4 Å². The Morgan fingerprint density at radius 3 is 2.46 bits per heavy atom. The maximum atomic E-state index is 8.36. The highest BCUT2D eigenvalue weighted by Crippen LogP contribution is 2.40. The van der Waals surface area contributed by atoms with Crippen molar-refractivity contribution in [3.05, 3.63) is 116 Å². The Hall–Kier alpha value is -3.25. The number of ether oxygens (including phenoxy) is 3. The Morgan fingerprint density at radius 1 is 1.11 bits per heavy atom. The fourth-order valence-corrected chi connectivity index (χ4v) is 5.29. The molecular formula is C26H23Br2N3O6. The lowest BCUT2D eigenvalue weighted by Gasteiger charge is -2.30. The number of hydrogen-bond acceptors (Lipinski definition) is 6. The number of rotatable bonds is 7. The summed E-state index contributed by atoms with van der Waals surface area (Å²) < 4.78 is 22.7. The molecule has 37 heavy (non-hydrogen) atoms. The molecule has 5 rings (SSSR count). The molecule has 1 fully saturated rings. The number of imidazole rings is 1. The van der Waals surface area contributed by atoms with Gasteiger partial charge >= 0.3 is 0 Å². The maximum absolute atomic E-state index is 8.36. The minimum absolute atomic E-state index is 0.210. The normalized spacial score (nSPS) is 18.6. The molecule has 0 amide bonds. The SMILES string of the molecule is Brc1ccc([C@]2(Cn3ccnc3)OC[C@H](COc3ccc(-c4ccccc4)cc3)O2)c(Br)c1.O=[N+]([O-])O. The molecule has 3 aromatic carbocycles. The van der Waals surface area contributed by atoms with Crippen LogP contribution in [0, 0.1) is 10.1 Å². The van der Waals surface area contributed by atoms with Gasteiger partial charge in [-0.3, -0.25) is 0 Å². The third-order valence-corrected chi connectivity index (χ3v) is 6.70. The molecule has 0 radical (unpaired) electrons. The highest BCUT2D eigenvalue weighted by Gasteiger charge is 2.45. The molecule has 1 N–H and O–H groups in total. The predicted octanol–water partition coefficient (Wildman–Crippen LogP) is 6.07. The lowest BCUT2D eigenvalue weighted by molar-refractivity contribution is -0.742. The largest absolute Gasteiger partial charge is 0.491 e. The minimum atomic E-state index is -1.50. The molecule has 0 bridgehead atoms. The van der Waals surface area contributed by atoms with Crippen LogP contribution in [0.2, 0.25) is 0 Å². The van der Waals surface area contributed by atoms with E-state index in [2.05, 4.69) is 61.1 Å². The number of halogens is 2. The topological polar surface area (TPSA) is 109 Å². The van der Waals surface area contributed by atoms with Gasteiger partial charge in [0.2, 0.25) is 5.79 Å². The molecule has 1 aliphatic heterocycles. The molecular weight excluding hydrogens is 610 g/mol. The quantitative estimate of drug-likeness (QED) is 0.194. The van der Waals surface area contributed by atoms with E-state index in [1.807, 2.05) is 59.3 Å². The Balaban J connectivity index is 0.000000747. The Bertz CT molecular complexity index is 1300. The average Bonchev–Trinajstić information content (AvgIpc) is 3.54. The van der Waals surface area contributed by atoms with Gasteiger partial charge in [0, 0.05) is 26.9 Å². The molecule has 0 unspecified atom stereocenters. The van der Waals surface area contributed by atoms with Crippen LogP contribution in [0.5, 0.6) is 5.75 Å². The van der Waals surface area contributed by atoms with Crippen molar-refractivity contribution >= 4 is 31.9 Å². The van der Waals surface area contributed by atoms with Crippen molar-refractivity contribution in [2.24, 2.45) is 0 Å². The minimum Gasteiger partial charge on any atom is -0.491 e. The first-order valence-corrected chi connectivity index (χ1v) is 12.8. The van der Waals surface area contributed by atoms with Crippen LogP contribution in [0.25, 0.3) is 11.1 Å². The summed E-state index contributed by atoms with van der Waals surface area (Å²) in [5.41, 5.74) is 3.26. The molecule has 2 heterocycles. The third kappa shape index (κ3) is 7.16. The van der Waals surface area contributed by atoms with Crippen LogP contribution in [-0.2, 0) is 21.8 Å². The zero-order chi connectivity index (χ0) is 26.3. The fourth-order valence-electron chi connectivity index (χ4n) is 3.94. The van der Waals surface area contributed by atoms with E-state index in [1.165, 1.54) is 5.56 Å². The lowest BCUT2D eigenvalue weighted by Crippen LogP contribution is -2.34. The van der Waals surface area contributed by atoms with Gasteiger partial charge in [-0.15, -0.1) is 10.1 Å². The van der Waals surface area contributed by atoms with E-state index in [1.54, 1.807) is 12.5 Å². The van der Waals surface area contributed by atoms with E-state index in [9.17, 15) is 0 Å². The number of aromatic nitrogens is 2. The smallest absolute Gasteiger partial charge is 0.291 e. The average molecular weight is 633 g/mol. The standard InChI is InChI=1S/C26H22Br2N2O3.HNO3/c27-21-8-11-24(25(28)14-21)26(17-30-13-12-29-18-30)32-16-23(33-26)15-31-22-9-6-20(7-10-22)19-4-2-1-3-5-19;2-1(3)4/h1-14,18,23H,15-17H2;(H,2,3,4)/t23-,26+;/m0./s1. The second-order valence-corrected chi connectivity index (χ2v) is 9.87. The van der Waals surface area contributed by atoms with Gasteiger partial charge in [0.25, 0.3) is 5.09 Å². The van der Waals surface area contributed by atoms with E-state index < -0.39 is 10.9 Å². The van der Waals surface area contributed by atoms with Crippen LogP contribution < -0.4 is 4.74 Å². The Morgan fingerprint density at radius 2 is 1.81 bits per heavy atom. The van der Waals surface area contributed by atoms with Crippen molar-refractivity contribution in [1.29, 1.82) is 0 Å². The molecule has 0 aliphatic carbocycles. The van der Waals surface area contributed by atoms with Gasteiger partial charge in [-0.1, -0.05) is 80.4 Å². The number of benzene rings is 3. The van der Waals surface area contributed by atoms with E-state index >= 15 is 0 Å². The lowest BCUT2D eigenvalue weighted by atomic mass is 10.1. The summed E-state index contributed by atoms with van der Waals surface area (Å²) in [4.78, 5) is 12.5. The summed E-state index contributed by atoms with van der Waals surface area (Å²) >= 11 is 7.19. The van der Waals surface area contributed by atoms with Crippen LogP contribution in [0.15, 0.2) is 100 Å². The number of nitrogens with zero attached hydrogens (tertiary/aromatic N) is 3. The van der Waals surface area contributed by atoms with Gasteiger partial charge in [0.1, 0.15) is 18.5 Å². The van der Waals surface area contributed by atoms with E-state index in [4.69, 9.17) is 29.5 Å². The van der Waals surface area contributed by atoms with Gasteiger partial charge in [-0.25, -0.2) is 4.98 Å². The summed E-state index contributed by atoms with van der Waals surface area (Å²) in [6.07, 6.45) is 5.20. The molecule has 1 aromatic heterocycles. The summed E-state index contributed by atoms with van der Waals surface area (Å²) in [7, 11) is 0. The van der Waals surface area contributed by atoms with Gasteiger partial charge in [-0.2, -0.15) is 0 Å². The molecule has 0 saturated carbocycles. The van der Waals surface area contributed by atoms with Crippen molar-refractivity contribution in [2.45, 2.75) is 18.4 Å². The molecule has 11 heteroatoms. The second kappa shape index (κ2) is 12.3. The molecule has 1 aliphatic rings. The zero-order valence-corrected chi connectivity index (χ0v) is 22.6. The first-order chi connectivity index (χ1) is 17.8. The zero-order valence-electron chi connectivity index (χ0n) is 19.4. The maximum Gasteiger partial charge on any atom is 0.291 e. The molecule has 1 saturated heterocycles. The van der Waals surface area contributed by atoms with Crippen LogP contribution in [0.3, 0.4) is 0 Å². The molecule has 2 atom stereocenters. The Kier molecular flexibility index (Phi) is 8.93. The first-order valence-electron chi connectivity index (χ1n) is 11.2. The van der Waals surface area contributed by atoms with Gasteiger partial charge in [0.05, 0.1) is 19.5 Å². The fraction of sp³-hybridized carbons (Fsp3) is 0.192. The summed E-state index contributed by atoms with van der Waals surface area (Å²) in [5, 5.41) is 13.6. The van der Waals surface area contributed by atoms with E-state index in [0.717, 1.165) is 25.8 Å². The van der Waals surface area contributed by atoms with Crippen molar-refractivity contribution in [3.8, 4) is 16.9 Å². The van der Waals surface area contributed by atoms with E-state index in [0.29, 0.717) is 19.8 Å². The third-order valence-electron chi connectivity index (χ3n) is 5.55. The predicted molar refractivity (Wildman–Crippen MR) is 143 cm³/mol. The van der Waals surface area contributed by atoms with Crippen molar-refractivity contribution in [2.75, 3.05) is 13.2 Å². The van der Waals surface area contributed by atoms with Gasteiger partial charge < -0.3 is 24.0 Å². The van der Waals surface area contributed by atoms with Crippen LogP contribution in [-0.4, -0.2) is 39.2 Å². The van der Waals surface area contributed by atoms with Crippen LogP contribution >= 0.6 is 31.9 Å². The van der Waals surface area contributed by atoms with E-state index in [-0.39, 0.29) is 6.10 Å². The highest BCUT2D eigenvalue weighted by atomic mass is 79.9. The molecule has 9 nitrogen and oxygen atoms in total. The van der Waals surface area contributed by atoms with Crippen molar-refractivity contribution < 1.29 is 24.5 Å². The van der Waals surface area contributed by atoms with Crippen LogP contribution in [0.1, 0.15) is 5.56 Å². The first kappa shape index (κ1) is 26.8. The second-order valence-electron chi connectivity index (χ2n) is 8.10. The number of hydrogen-bond donors (Lipinski definition) is 1. The summed E-state index contributed by atoms with van der Waals surface area (Å²) in [6.45, 7) is 1.30. The molecule has 0 spiro atoms. The van der Waals surface area contributed by atoms with Gasteiger partial charge in [0.15, 0.2) is 0 Å². The monoisotopic (exact) mass is 631 g/mol. The Labute approximate surface area is 230 Å². The molecule has 4 aromatic rings. The molecule has 192 valence electrons. The van der Waals surface area contributed by atoms with Crippen molar-refractivity contribution in [3.63, 3.8) is 0 Å². The summed E-state index contributed by atoms with van der Waals surface area (Å²) in [5.74, 6) is -0.138.